The van der Waals surface area contributed by atoms with Crippen molar-refractivity contribution in [1.29, 1.82) is 0 Å². The van der Waals surface area contributed by atoms with Gasteiger partial charge >= 0.3 is 24.7 Å². The second kappa shape index (κ2) is 13.0. The number of pyridine rings is 2. The maximum absolute atomic E-state index is 13.5. The van der Waals surface area contributed by atoms with Gasteiger partial charge in [0.1, 0.15) is 11.4 Å². The number of hydrogen-bond acceptors (Lipinski definition) is 6. The summed E-state index contributed by atoms with van der Waals surface area (Å²) in [5, 5.41) is 23.4. The van der Waals surface area contributed by atoms with Crippen molar-refractivity contribution < 1.29 is 62.9 Å². The quantitative estimate of drug-likeness (QED) is 0.128. The predicted molar refractivity (Wildman–Crippen MR) is 144 cm³/mol. The Morgan fingerprint density at radius 2 is 1.09 bits per heavy atom. The number of para-hydroxylation sites is 2. The number of fused-ring (bicyclic) bond motifs is 2. The summed E-state index contributed by atoms with van der Waals surface area (Å²) >= 11 is 0. The van der Waals surface area contributed by atoms with Gasteiger partial charge in [0.05, 0.1) is 34.4 Å². The Bertz CT molecular complexity index is 1740. The lowest BCUT2D eigenvalue weighted by Crippen LogP contribution is -2.34. The number of likely N-dealkylation sites (N-methyl/N-ethyl adjacent to an activating group) is 1. The fraction of sp³-hybridized carbons (Fsp3) is 0.379. The molecule has 256 valence electrons. The number of nitrogens with one attached hydrogen (secondary N) is 1. The first kappa shape index (κ1) is 36.1. The normalized spacial score (nSPS) is 14.7. The molecular formula is C29H24F12N4O2. The van der Waals surface area contributed by atoms with Crippen molar-refractivity contribution >= 4 is 21.8 Å². The lowest BCUT2D eigenvalue weighted by atomic mass is 9.99. The first-order valence-electron chi connectivity index (χ1n) is 13.5. The lowest BCUT2D eigenvalue weighted by Gasteiger charge is -2.23. The van der Waals surface area contributed by atoms with Gasteiger partial charge in [0.15, 0.2) is 0 Å². The molecule has 18 heteroatoms. The van der Waals surface area contributed by atoms with E-state index in [-0.39, 0.29) is 30.4 Å². The van der Waals surface area contributed by atoms with Gasteiger partial charge in [-0.3, -0.25) is 0 Å². The van der Waals surface area contributed by atoms with Gasteiger partial charge in [0.2, 0.25) is 0 Å². The summed E-state index contributed by atoms with van der Waals surface area (Å²) in [5.41, 5.74) is -9.09. The van der Waals surface area contributed by atoms with Gasteiger partial charge in [-0.1, -0.05) is 24.3 Å². The van der Waals surface area contributed by atoms with Crippen molar-refractivity contribution in [2.45, 2.75) is 36.9 Å². The average Bonchev–Trinajstić information content (AvgIpc) is 2.95. The van der Waals surface area contributed by atoms with E-state index in [4.69, 9.17) is 0 Å². The summed E-state index contributed by atoms with van der Waals surface area (Å²) in [6.45, 7) is -0.892. The molecule has 0 bridgehead atoms. The maximum atomic E-state index is 13.5. The second-order valence-electron chi connectivity index (χ2n) is 10.6. The number of alkyl halides is 12. The summed E-state index contributed by atoms with van der Waals surface area (Å²) < 4.78 is 162. The van der Waals surface area contributed by atoms with Crippen LogP contribution in [0.1, 0.15) is 45.8 Å². The van der Waals surface area contributed by atoms with E-state index in [1.54, 1.807) is 0 Å². The van der Waals surface area contributed by atoms with Crippen LogP contribution in [0.2, 0.25) is 0 Å². The molecule has 0 saturated carbocycles. The Balaban J connectivity index is 1.49. The maximum Gasteiger partial charge on any atom is 0.433 e. The molecule has 6 nitrogen and oxygen atoms in total. The van der Waals surface area contributed by atoms with E-state index in [0.29, 0.717) is 24.3 Å². The van der Waals surface area contributed by atoms with Gasteiger partial charge in [-0.05, 0) is 42.4 Å². The summed E-state index contributed by atoms with van der Waals surface area (Å²) in [5.74, 6) is 0. The number of nitrogens with zero attached hydrogens (tertiary/aromatic N) is 3. The van der Waals surface area contributed by atoms with Crippen LogP contribution in [0, 0.1) is 0 Å². The van der Waals surface area contributed by atoms with Crippen LogP contribution in [0.4, 0.5) is 52.7 Å². The third kappa shape index (κ3) is 8.22. The molecule has 2 unspecified atom stereocenters. The largest absolute Gasteiger partial charge is 0.433 e. The molecule has 0 aliphatic carbocycles. The van der Waals surface area contributed by atoms with E-state index in [2.05, 4.69) is 15.3 Å². The molecule has 4 aromatic rings. The Kier molecular flexibility index (Phi) is 10.0. The summed E-state index contributed by atoms with van der Waals surface area (Å²) in [6.07, 6.45) is -23.8. The molecule has 0 spiro atoms. The number of aromatic nitrogens is 2. The predicted octanol–water partition coefficient (Wildman–Crippen LogP) is 7.15. The Morgan fingerprint density at radius 3 is 1.49 bits per heavy atom. The molecule has 0 aliphatic rings. The van der Waals surface area contributed by atoms with E-state index in [1.165, 1.54) is 11.9 Å². The van der Waals surface area contributed by atoms with E-state index in [0.717, 1.165) is 24.3 Å². The van der Waals surface area contributed by atoms with Crippen LogP contribution in [0.15, 0.2) is 48.5 Å². The molecule has 47 heavy (non-hydrogen) atoms. The molecule has 0 radical (unpaired) electrons. The molecule has 0 amide bonds. The lowest BCUT2D eigenvalue weighted by molar-refractivity contribution is -0.142. The second-order valence-corrected chi connectivity index (χ2v) is 10.6. The highest BCUT2D eigenvalue weighted by Crippen LogP contribution is 2.40. The Morgan fingerprint density at radius 1 is 0.660 bits per heavy atom. The standard InChI is InChI=1S/C29H24F12N4O2/c1-45(13-21(47)17-11-23(29(39,40)41)44-25-15(17)5-3-7-19(25)27(33,34)35)9-8-42-12-20(46)16-10-22(28(36,37)38)43-24-14(16)4-2-6-18(24)26(30,31)32/h2-7,10-11,20-21,42,46-47H,8-9,12-13H2,1H3. The summed E-state index contributed by atoms with van der Waals surface area (Å²) in [7, 11) is 1.40. The summed E-state index contributed by atoms with van der Waals surface area (Å²) in [6, 6.07) is 6.10. The zero-order valence-corrected chi connectivity index (χ0v) is 23.9. The molecule has 0 saturated heterocycles. The van der Waals surface area contributed by atoms with Crippen molar-refractivity contribution in [3.63, 3.8) is 0 Å². The highest BCUT2D eigenvalue weighted by atomic mass is 19.4. The van der Waals surface area contributed by atoms with Crippen LogP contribution in [-0.4, -0.2) is 58.3 Å². The van der Waals surface area contributed by atoms with Crippen LogP contribution >= 0.6 is 0 Å². The number of benzene rings is 2. The van der Waals surface area contributed by atoms with Gasteiger partial charge in [-0.2, -0.15) is 52.7 Å². The number of halogens is 12. The van der Waals surface area contributed by atoms with Gasteiger partial charge in [0, 0.05) is 37.0 Å². The topological polar surface area (TPSA) is 81.5 Å². The van der Waals surface area contributed by atoms with Crippen molar-refractivity contribution in [2.24, 2.45) is 0 Å². The van der Waals surface area contributed by atoms with Crippen LogP contribution in [-0.2, 0) is 24.7 Å². The van der Waals surface area contributed by atoms with E-state index < -0.39 is 88.1 Å². The van der Waals surface area contributed by atoms with E-state index in [9.17, 15) is 62.9 Å². The van der Waals surface area contributed by atoms with Gasteiger partial charge < -0.3 is 20.4 Å². The fourth-order valence-electron chi connectivity index (χ4n) is 4.95. The minimum Gasteiger partial charge on any atom is -0.387 e. The minimum absolute atomic E-state index is 0.00413. The van der Waals surface area contributed by atoms with Crippen LogP contribution < -0.4 is 5.32 Å². The molecule has 2 aromatic heterocycles. The molecule has 3 N–H and O–H groups in total. The van der Waals surface area contributed by atoms with E-state index >= 15 is 0 Å². The SMILES string of the molecule is CN(CCNCC(O)c1cc(C(F)(F)F)nc2c(C(F)(F)F)cccc12)CC(O)c1cc(C(F)(F)F)nc2c(C(F)(F)F)cccc12. The van der Waals surface area contributed by atoms with Gasteiger partial charge in [-0.25, -0.2) is 9.97 Å². The zero-order chi connectivity index (χ0) is 35.1. The molecule has 2 aromatic carbocycles. The fourth-order valence-corrected chi connectivity index (χ4v) is 4.95. The number of aliphatic hydroxyl groups excluding tert-OH is 2. The molecule has 0 fully saturated rings. The van der Waals surface area contributed by atoms with Crippen molar-refractivity contribution in [3.05, 3.63) is 82.2 Å². The van der Waals surface area contributed by atoms with Crippen LogP contribution in [0.5, 0.6) is 0 Å². The van der Waals surface area contributed by atoms with E-state index in [1.807, 2.05) is 0 Å². The Hall–Kier alpha value is -3.74. The number of hydrogen-bond donors (Lipinski definition) is 3. The van der Waals surface area contributed by atoms with Crippen molar-refractivity contribution in [1.82, 2.24) is 20.2 Å². The number of aliphatic hydroxyl groups is 2. The third-order valence-corrected chi connectivity index (χ3v) is 7.15. The van der Waals surface area contributed by atoms with Gasteiger partial charge in [0.25, 0.3) is 0 Å². The first-order chi connectivity index (χ1) is 21.6. The summed E-state index contributed by atoms with van der Waals surface area (Å²) in [4.78, 5) is 7.69. The number of rotatable bonds is 9. The van der Waals surface area contributed by atoms with Crippen LogP contribution in [0.25, 0.3) is 21.8 Å². The molecule has 4 rings (SSSR count). The van der Waals surface area contributed by atoms with Crippen molar-refractivity contribution in [2.75, 3.05) is 33.2 Å². The zero-order valence-electron chi connectivity index (χ0n) is 23.9. The molecule has 0 aliphatic heterocycles. The highest BCUT2D eigenvalue weighted by molar-refractivity contribution is 5.87. The minimum atomic E-state index is -5.13. The average molecular weight is 689 g/mol. The first-order valence-corrected chi connectivity index (χ1v) is 13.5. The molecular weight excluding hydrogens is 664 g/mol. The molecule has 2 heterocycles. The van der Waals surface area contributed by atoms with Crippen molar-refractivity contribution in [3.8, 4) is 0 Å². The molecule has 2 atom stereocenters. The van der Waals surface area contributed by atoms with Gasteiger partial charge in [-0.15, -0.1) is 0 Å². The highest BCUT2D eigenvalue weighted by Gasteiger charge is 2.39. The third-order valence-electron chi connectivity index (χ3n) is 7.15. The van der Waals surface area contributed by atoms with Crippen LogP contribution in [0.3, 0.4) is 0 Å². The smallest absolute Gasteiger partial charge is 0.387 e. The Labute approximate surface area is 257 Å². The monoisotopic (exact) mass is 688 g/mol.